The molecule has 19 aromatic carbocycles. The van der Waals surface area contributed by atoms with Gasteiger partial charge in [-0.05, 0) is 141 Å². The number of anilines is 6. The van der Waals surface area contributed by atoms with Crippen LogP contribution in [0.3, 0.4) is 0 Å². The molecule has 0 atom stereocenters. The van der Waals surface area contributed by atoms with Crippen molar-refractivity contribution in [3.8, 4) is 89.0 Å². The zero-order chi connectivity index (χ0) is 82.8. The highest BCUT2D eigenvalue weighted by atomic mass is 16.3. The van der Waals surface area contributed by atoms with Crippen LogP contribution in [0.15, 0.2) is 446 Å². The Morgan fingerprint density at radius 3 is 0.832 bits per heavy atom. The Kier molecular flexibility index (Phi) is 16.2. The highest BCUT2D eigenvalue weighted by Crippen LogP contribution is 2.62. The number of rotatable bonds is 12. The molecule has 25 rings (SSSR count). The predicted molar refractivity (Wildman–Crippen MR) is 521 cm³/mol. The largest absolute Gasteiger partial charge is 0.455 e. The predicted octanol–water partition coefficient (Wildman–Crippen LogP) is 29.6. The van der Waals surface area contributed by atoms with Gasteiger partial charge in [0.15, 0.2) is 0 Å². The summed E-state index contributed by atoms with van der Waals surface area (Å²) in [6, 6.07) is 163. The van der Waals surface area contributed by atoms with Crippen molar-refractivity contribution in [2.45, 2.75) is 37.0 Å². The molecule has 4 heterocycles. The summed E-state index contributed by atoms with van der Waals surface area (Å²) in [6.45, 7) is 6.75. The molecule has 4 aliphatic rings. The quantitative estimate of drug-likeness (QED) is 0.114. The molecule has 0 amide bonds. The van der Waals surface area contributed by atoms with Crippen LogP contribution in [0.25, 0.3) is 133 Å². The van der Waals surface area contributed by atoms with Gasteiger partial charge < -0.3 is 18.6 Å². The smallest absolute Gasteiger partial charge is 0.252 e. The first-order chi connectivity index (χ1) is 61.7. The maximum absolute atomic E-state index is 7.91. The second-order valence-electron chi connectivity index (χ2n) is 35.0. The first-order valence-electron chi connectivity index (χ1n) is 43.6. The van der Waals surface area contributed by atoms with Crippen molar-refractivity contribution >= 4 is 101 Å². The van der Waals surface area contributed by atoms with Crippen molar-refractivity contribution in [3.05, 3.63) is 487 Å². The molecule has 21 aromatic rings. The molecule has 0 saturated carbocycles. The number of benzene rings is 19. The second-order valence-corrected chi connectivity index (χ2v) is 35.0. The molecule has 4 nitrogen and oxygen atoms in total. The minimum Gasteiger partial charge on any atom is -0.455 e. The van der Waals surface area contributed by atoms with Crippen molar-refractivity contribution in [1.29, 1.82) is 0 Å². The summed E-state index contributed by atoms with van der Waals surface area (Å²) < 4.78 is 15.8. The Morgan fingerprint density at radius 2 is 0.496 bits per heavy atom. The monoisotopic (exact) mass is 1590 g/mol. The van der Waals surface area contributed by atoms with E-state index in [0.29, 0.717) is 0 Å². The van der Waals surface area contributed by atoms with E-state index in [0.717, 1.165) is 167 Å². The van der Waals surface area contributed by atoms with Gasteiger partial charge in [-0.2, -0.15) is 0 Å². The molecule has 0 radical (unpaired) electrons. The number of fused-ring (bicyclic) bond motifs is 16. The van der Waals surface area contributed by atoms with E-state index in [4.69, 9.17) is 8.83 Å². The first-order valence-corrected chi connectivity index (χ1v) is 43.6. The fourth-order valence-corrected chi connectivity index (χ4v) is 22.3. The molecular formula is C120H81BN2O2. The lowest BCUT2D eigenvalue weighted by molar-refractivity contribution is 0.590. The van der Waals surface area contributed by atoms with E-state index in [2.05, 4.69) is 467 Å². The van der Waals surface area contributed by atoms with Crippen LogP contribution in [0.2, 0.25) is 0 Å². The minimum atomic E-state index is -0.701. The van der Waals surface area contributed by atoms with Gasteiger partial charge in [-0.3, -0.25) is 0 Å². The van der Waals surface area contributed by atoms with Crippen molar-refractivity contribution in [1.82, 2.24) is 0 Å². The molecule has 0 fully saturated rings. The summed E-state index contributed by atoms with van der Waals surface area (Å²) in [7, 11) is 0. The SMILES string of the molecule is CC(C)(C)c1cc2c3c(c1)N(c1c(-c4ccccc4)cccc1-c1ccccc1)c1ccc(-c4cccc5c4oc4c(C6(c7ccccc7)c7ccccc7-c7ccccc76)cccc45)cc1B3c1cc(-c3cccc4c3oc3c(C5(c6ccccc6)c6ccccc6-c6ccccc65)cccc34)ccc1N2c1c(-c2ccccc2)cccc1-c1ccccc1. The summed E-state index contributed by atoms with van der Waals surface area (Å²) in [5, 5.41) is 4.25. The van der Waals surface area contributed by atoms with Gasteiger partial charge in [-0.15, -0.1) is 0 Å². The van der Waals surface area contributed by atoms with Crippen LogP contribution >= 0.6 is 0 Å². The highest BCUT2D eigenvalue weighted by molar-refractivity contribution is 7.00. The average molecular weight is 1590 g/mol. The number of nitrogens with zero attached hydrogens (tertiary/aromatic N) is 2. The molecule has 2 aliphatic carbocycles. The van der Waals surface area contributed by atoms with E-state index in [1.165, 1.54) is 66.7 Å². The van der Waals surface area contributed by atoms with Gasteiger partial charge >= 0.3 is 0 Å². The molecule has 125 heavy (non-hydrogen) atoms. The number of hydrogen-bond acceptors (Lipinski definition) is 4. The Bertz CT molecular complexity index is 7290. The minimum absolute atomic E-state index is 0.345. The van der Waals surface area contributed by atoms with Gasteiger partial charge in [0.25, 0.3) is 6.71 Å². The van der Waals surface area contributed by atoms with Crippen molar-refractivity contribution in [2.75, 3.05) is 9.80 Å². The zero-order valence-electron chi connectivity index (χ0n) is 69.4. The summed E-state index contributed by atoms with van der Waals surface area (Å²) in [4.78, 5) is 5.35. The lowest BCUT2D eigenvalue weighted by atomic mass is 9.33. The van der Waals surface area contributed by atoms with Gasteiger partial charge in [0.2, 0.25) is 0 Å². The van der Waals surface area contributed by atoms with Crippen LogP contribution in [0, 0.1) is 0 Å². The molecule has 0 unspecified atom stereocenters. The average Bonchev–Trinajstić information content (AvgIpc) is 1.64. The maximum Gasteiger partial charge on any atom is 0.252 e. The molecule has 0 saturated heterocycles. The third kappa shape index (κ3) is 10.6. The van der Waals surface area contributed by atoms with Crippen LogP contribution in [-0.4, -0.2) is 6.71 Å². The van der Waals surface area contributed by atoms with E-state index in [1.807, 2.05) is 0 Å². The molecule has 0 N–H and O–H groups in total. The lowest BCUT2D eigenvalue weighted by Crippen LogP contribution is -2.61. The van der Waals surface area contributed by atoms with Crippen molar-refractivity contribution in [2.24, 2.45) is 0 Å². The third-order valence-corrected chi connectivity index (χ3v) is 27.6. The zero-order valence-corrected chi connectivity index (χ0v) is 69.4. The van der Waals surface area contributed by atoms with Crippen molar-refractivity contribution in [3.63, 3.8) is 0 Å². The van der Waals surface area contributed by atoms with E-state index in [9.17, 15) is 0 Å². The summed E-state index contributed by atoms with van der Waals surface area (Å²) in [6.07, 6.45) is 0. The number of furan rings is 2. The lowest BCUT2D eigenvalue weighted by Gasteiger charge is -2.46. The normalized spacial score (nSPS) is 13.6. The van der Waals surface area contributed by atoms with E-state index >= 15 is 0 Å². The molecule has 0 bridgehead atoms. The van der Waals surface area contributed by atoms with Crippen LogP contribution in [-0.2, 0) is 16.2 Å². The standard InChI is InChI=1S/C120H81BN2O2/c1-118(2,3)84-74-109-111-110(75-84)123(113-87(78-40-14-6-15-41-78)54-31-55-88(113)79-42-16-7-17-43-79)108-71-69-81(90-57-33-59-96-98-61-35-67-104(117(98)125-115(90)96)120(83-46-20-9-21-47-83)101-64-28-24-50-93(101)94-51-25-29-65-102(94)120)73-106(108)121(111)105-72-80(68-70-107(105)122(109)112-85(76-36-10-4-11-37-76)52-30-53-86(112)77-38-12-5-13-39-77)89-56-32-58-95-97-60-34-66-103(116(97)124-114(89)95)119(82-44-18-8-19-45-82)99-62-26-22-48-91(99)92-49-23-27-63-100(92)119/h4-75H,1-3H3. The Balaban J connectivity index is 0.790. The molecule has 2 aromatic heterocycles. The first kappa shape index (κ1) is 72.3. The summed E-state index contributed by atoms with van der Waals surface area (Å²) in [5.74, 6) is 0. The Morgan fingerprint density at radius 1 is 0.224 bits per heavy atom. The molecule has 586 valence electrons. The fourth-order valence-electron chi connectivity index (χ4n) is 22.3. The van der Waals surface area contributed by atoms with Crippen LogP contribution in [0.4, 0.5) is 34.1 Å². The number of para-hydroxylation sites is 6. The molecular weight excluding hydrogens is 1510 g/mol. The molecule has 0 spiro atoms. The van der Waals surface area contributed by atoms with Gasteiger partial charge in [0.1, 0.15) is 22.3 Å². The van der Waals surface area contributed by atoms with Gasteiger partial charge in [0, 0.05) is 88.8 Å². The van der Waals surface area contributed by atoms with Gasteiger partial charge in [0.05, 0.1) is 22.2 Å². The summed E-state index contributed by atoms with van der Waals surface area (Å²) >= 11 is 0. The Labute approximate surface area is 727 Å². The molecule has 5 heteroatoms. The number of hydrogen-bond donors (Lipinski definition) is 0. The van der Waals surface area contributed by atoms with Crippen LogP contribution < -0.4 is 26.2 Å². The second kappa shape index (κ2) is 28.0. The summed E-state index contributed by atoms with van der Waals surface area (Å²) in [5.41, 5.74) is 40.5. The van der Waals surface area contributed by atoms with Crippen LogP contribution in [0.5, 0.6) is 0 Å². The van der Waals surface area contributed by atoms with E-state index < -0.39 is 10.8 Å². The topological polar surface area (TPSA) is 32.8 Å². The Hall–Kier alpha value is -15.6. The van der Waals surface area contributed by atoms with Gasteiger partial charge in [-0.1, -0.05) is 433 Å². The van der Waals surface area contributed by atoms with Crippen LogP contribution in [0.1, 0.15) is 70.8 Å². The fraction of sp³-hybridized carbons (Fsp3) is 0.0500. The molecule has 2 aliphatic heterocycles. The van der Waals surface area contributed by atoms with E-state index in [1.54, 1.807) is 0 Å². The third-order valence-electron chi connectivity index (χ3n) is 27.6. The highest BCUT2D eigenvalue weighted by Gasteiger charge is 2.51. The van der Waals surface area contributed by atoms with Crippen molar-refractivity contribution < 1.29 is 8.83 Å². The van der Waals surface area contributed by atoms with Gasteiger partial charge in [-0.25, -0.2) is 0 Å². The maximum atomic E-state index is 7.91. The van der Waals surface area contributed by atoms with E-state index in [-0.39, 0.29) is 12.1 Å².